The van der Waals surface area contributed by atoms with E-state index in [0.717, 1.165) is 55.7 Å². The number of esters is 1. The third-order valence-electron chi connectivity index (χ3n) is 14.1. The smallest absolute Gasteiger partial charge is 0.333 e. The molecule has 5 fully saturated rings. The van der Waals surface area contributed by atoms with Crippen LogP contribution < -0.4 is 19.9 Å². The molecule has 1 spiro atoms. The number of nitrogens with two attached hydrogens (primary N) is 1. The van der Waals surface area contributed by atoms with E-state index in [1.165, 1.54) is 12.7 Å². The second-order valence-electron chi connectivity index (χ2n) is 19.2. The molecule has 1 aromatic carbocycles. The van der Waals surface area contributed by atoms with Crippen molar-refractivity contribution in [3.05, 3.63) is 74.7 Å². The first kappa shape index (κ1) is 42.8. The number of rotatable bonds is 12. The van der Waals surface area contributed by atoms with Crippen LogP contribution in [0.25, 0.3) is 11.8 Å². The fraction of sp³-hybridized carbons (Fsp3) is 0.571. The van der Waals surface area contributed by atoms with Gasteiger partial charge in [-0.1, -0.05) is 29.4 Å². The van der Waals surface area contributed by atoms with Crippen LogP contribution in [0, 0.1) is 29.1 Å². The Labute approximate surface area is 360 Å². The molecule has 12 heteroatoms. The highest BCUT2D eigenvalue weighted by Crippen LogP contribution is 2.74. The van der Waals surface area contributed by atoms with Crippen LogP contribution in [0.1, 0.15) is 97.8 Å². The number of fused-ring (bicyclic) bond motifs is 3. The van der Waals surface area contributed by atoms with Crippen LogP contribution in [0.4, 0.5) is 0 Å². The number of Topliss-reactive ketones (excluding diaryl/α,β-unsaturated/α-hetero) is 1. The lowest BCUT2D eigenvalue weighted by atomic mass is 9.45. The van der Waals surface area contributed by atoms with E-state index in [4.69, 9.17) is 34.2 Å². The van der Waals surface area contributed by atoms with E-state index >= 15 is 4.79 Å². The molecule has 9 rings (SSSR count). The van der Waals surface area contributed by atoms with Crippen LogP contribution in [0.2, 0.25) is 0 Å². The van der Waals surface area contributed by atoms with Gasteiger partial charge in [0.15, 0.2) is 17.0 Å². The largest absolute Gasteiger partial charge is 0.491 e. The van der Waals surface area contributed by atoms with Crippen LogP contribution in [0.5, 0.6) is 17.2 Å². The summed E-state index contributed by atoms with van der Waals surface area (Å²) in [7, 11) is 3.48. The fourth-order valence-electron chi connectivity index (χ4n) is 11.0. The zero-order valence-corrected chi connectivity index (χ0v) is 37.6. The minimum atomic E-state index is -1.59. The molecule has 2 N–H and O–H groups in total. The quantitative estimate of drug-likeness (QED) is 0.129. The molecule has 326 valence electrons. The zero-order valence-electron chi connectivity index (χ0n) is 37.6. The zero-order chi connectivity index (χ0) is 43.8. The van der Waals surface area contributed by atoms with Gasteiger partial charge in [-0.15, -0.1) is 0 Å². The molecule has 3 aliphatic carbocycles. The monoisotopic (exact) mass is 834 g/mol. The Morgan fingerprint density at radius 2 is 1.75 bits per heavy atom. The molecule has 2 saturated heterocycles. The lowest BCUT2D eigenvalue weighted by Gasteiger charge is -2.61. The molecule has 3 saturated carbocycles. The number of nitrogens with zero attached hydrogens (tertiary/aromatic N) is 3. The van der Waals surface area contributed by atoms with Gasteiger partial charge in [-0.2, -0.15) is 5.26 Å². The SMILES string of the molecule is COC(=O)/C(C)=C\CC12OC(C)(C)C3CC(C1=O)C1C(C#N)=C(N)OC4=C1C32Oc1c(CC=C(C)C)c2c(c(OCCN3CCN(C)CC3)c14)C=CC(C)(CCC=C(C)C)O2. The van der Waals surface area contributed by atoms with Gasteiger partial charge in [-0.05, 0) is 100 Å². The first-order valence-corrected chi connectivity index (χ1v) is 21.8. The molecule has 4 bridgehead atoms. The van der Waals surface area contributed by atoms with Crippen molar-refractivity contribution >= 4 is 23.6 Å². The average molecular weight is 835 g/mol. The topological polar surface area (TPSA) is 146 Å². The van der Waals surface area contributed by atoms with Gasteiger partial charge >= 0.3 is 5.97 Å². The molecule has 5 aliphatic heterocycles. The van der Waals surface area contributed by atoms with Gasteiger partial charge in [-0.3, -0.25) is 9.69 Å². The van der Waals surface area contributed by atoms with Crippen LogP contribution in [-0.4, -0.2) is 97.4 Å². The van der Waals surface area contributed by atoms with Crippen molar-refractivity contribution in [2.75, 3.05) is 53.5 Å². The van der Waals surface area contributed by atoms with E-state index in [-0.39, 0.29) is 29.6 Å². The molecule has 1 aromatic rings. The first-order chi connectivity index (χ1) is 28.9. The van der Waals surface area contributed by atoms with Crippen molar-refractivity contribution in [2.24, 2.45) is 23.5 Å². The third-order valence-corrected chi connectivity index (χ3v) is 14.1. The van der Waals surface area contributed by atoms with Crippen molar-refractivity contribution < 1.29 is 38.0 Å². The molecule has 61 heavy (non-hydrogen) atoms. The maximum absolute atomic E-state index is 15.4. The van der Waals surface area contributed by atoms with E-state index in [0.29, 0.717) is 65.7 Å². The summed E-state index contributed by atoms with van der Waals surface area (Å²) in [5.41, 5.74) is 7.96. The van der Waals surface area contributed by atoms with Crippen LogP contribution in [0.15, 0.2) is 58.1 Å². The number of hydrogen-bond acceptors (Lipinski definition) is 12. The van der Waals surface area contributed by atoms with E-state index in [1.54, 1.807) is 13.0 Å². The number of ether oxygens (including phenoxy) is 6. The van der Waals surface area contributed by atoms with Crippen LogP contribution in [-0.2, 0) is 30.2 Å². The summed E-state index contributed by atoms with van der Waals surface area (Å²) in [6.07, 6.45) is 12.8. The van der Waals surface area contributed by atoms with Crippen molar-refractivity contribution in [3.8, 4) is 23.3 Å². The Morgan fingerprint density at radius 3 is 2.43 bits per heavy atom. The number of carbonyl (C=O) groups excluding carboxylic acids is 2. The summed E-state index contributed by atoms with van der Waals surface area (Å²) in [4.78, 5) is 33.0. The molecule has 6 atom stereocenters. The van der Waals surface area contributed by atoms with Gasteiger partial charge in [0.25, 0.3) is 0 Å². The lowest BCUT2D eigenvalue weighted by Crippen LogP contribution is -2.75. The lowest BCUT2D eigenvalue weighted by molar-refractivity contribution is -0.181. The van der Waals surface area contributed by atoms with Gasteiger partial charge in [0.05, 0.1) is 23.8 Å². The summed E-state index contributed by atoms with van der Waals surface area (Å²) in [6, 6.07) is 2.33. The van der Waals surface area contributed by atoms with E-state index in [9.17, 15) is 10.1 Å². The molecule has 0 amide bonds. The standard InChI is InChI=1S/C49H62N4O8/c1-28(2)12-11-17-47(8)18-16-32-39(59-47)31(14-13-29(3)4)41-37(40(32)57-25-24-53-22-20-52(9)21-23-53)42-38-36(34(27-50)44(51)58-42)33-26-35-46(6,7)61-48(43(33)54,49(35,38)60-41)19-15-30(5)45(55)56-10/h12-13,15-16,18,33,35-36H,11,14,17,19-26,51H2,1-10H3/b30-15-. The first-order valence-electron chi connectivity index (χ1n) is 21.8. The van der Waals surface area contributed by atoms with Crippen LogP contribution in [0.3, 0.4) is 0 Å². The van der Waals surface area contributed by atoms with Gasteiger partial charge in [0.1, 0.15) is 46.8 Å². The van der Waals surface area contributed by atoms with E-state index < -0.39 is 40.2 Å². The fourth-order valence-corrected chi connectivity index (χ4v) is 11.0. The third kappa shape index (κ3) is 6.74. The number of likely N-dealkylation sites (N-methyl/N-ethyl adjacent to an activating group) is 1. The molecule has 8 aliphatic rings. The summed E-state index contributed by atoms with van der Waals surface area (Å²) in [5.74, 6) is -0.312. The minimum Gasteiger partial charge on any atom is -0.491 e. The number of hydrogen-bond donors (Lipinski definition) is 1. The Kier molecular flexibility index (Phi) is 10.9. The molecule has 5 heterocycles. The summed E-state index contributed by atoms with van der Waals surface area (Å²) in [5, 5.41) is 10.7. The Hall–Kier alpha value is -4.83. The number of allylic oxidation sites excluding steroid dienone is 5. The van der Waals surface area contributed by atoms with Crippen LogP contribution >= 0.6 is 0 Å². The van der Waals surface area contributed by atoms with Gasteiger partial charge in [0, 0.05) is 73.6 Å². The number of carbonyl (C=O) groups is 2. The number of piperazine rings is 1. The van der Waals surface area contributed by atoms with Crippen molar-refractivity contribution in [2.45, 2.75) is 110 Å². The van der Waals surface area contributed by atoms with Gasteiger partial charge < -0.3 is 39.1 Å². The van der Waals surface area contributed by atoms with E-state index in [1.807, 2.05) is 13.8 Å². The second kappa shape index (κ2) is 15.5. The van der Waals surface area contributed by atoms with Gasteiger partial charge in [-0.25, -0.2) is 4.79 Å². The number of benzene rings is 1. The summed E-state index contributed by atoms with van der Waals surface area (Å²) in [6.45, 7) is 21.0. The molecule has 0 radical (unpaired) electrons. The normalized spacial score (nSPS) is 30.6. The maximum Gasteiger partial charge on any atom is 0.333 e. The van der Waals surface area contributed by atoms with E-state index in [2.05, 4.69) is 81.8 Å². The summed E-state index contributed by atoms with van der Waals surface area (Å²) >= 11 is 0. The van der Waals surface area contributed by atoms with Gasteiger partial charge in [0.2, 0.25) is 5.88 Å². The number of methoxy groups -OCH3 is 1. The highest BCUT2D eigenvalue weighted by atomic mass is 16.6. The molecular weight excluding hydrogens is 773 g/mol. The maximum atomic E-state index is 15.4. The predicted octanol–water partition coefficient (Wildman–Crippen LogP) is 7.19. The highest BCUT2D eigenvalue weighted by molar-refractivity contribution is 6.01. The molecule has 6 unspecified atom stereocenters. The summed E-state index contributed by atoms with van der Waals surface area (Å²) < 4.78 is 41.0. The van der Waals surface area contributed by atoms with Crippen molar-refractivity contribution in [1.82, 2.24) is 9.80 Å². The molecule has 0 aromatic heterocycles. The van der Waals surface area contributed by atoms with Crippen molar-refractivity contribution in [1.29, 1.82) is 5.26 Å². The number of nitriles is 1. The Bertz CT molecular complexity index is 2280. The minimum absolute atomic E-state index is 0.0351. The molecule has 12 nitrogen and oxygen atoms in total. The second-order valence-corrected chi connectivity index (χ2v) is 19.2. The number of ketones is 1. The Morgan fingerprint density at radius 1 is 1.03 bits per heavy atom. The average Bonchev–Trinajstić information content (AvgIpc) is 3.35. The van der Waals surface area contributed by atoms with Crippen molar-refractivity contribution in [3.63, 3.8) is 0 Å². The predicted molar refractivity (Wildman–Crippen MR) is 232 cm³/mol. The molecular formula is C49H62N4O8. The highest BCUT2D eigenvalue weighted by Gasteiger charge is 2.84. The Balaban J connectivity index is 1.40.